The highest BCUT2D eigenvalue weighted by molar-refractivity contribution is 7.20. The summed E-state index contributed by atoms with van der Waals surface area (Å²) >= 11 is 1.34. The number of hydrogen-bond donors (Lipinski definition) is 0. The lowest BCUT2D eigenvalue weighted by atomic mass is 10.2. The van der Waals surface area contributed by atoms with E-state index in [2.05, 4.69) is 25.0 Å². The number of piperazine rings is 1. The number of carbonyl (C=O) groups is 1. The fourth-order valence-corrected chi connectivity index (χ4v) is 4.45. The van der Waals surface area contributed by atoms with Gasteiger partial charge >= 0.3 is 0 Å². The summed E-state index contributed by atoms with van der Waals surface area (Å²) in [4.78, 5) is 45.0. The number of amides is 1. The quantitative estimate of drug-likeness (QED) is 0.557. The van der Waals surface area contributed by atoms with Crippen LogP contribution in [0.3, 0.4) is 0 Å². The van der Waals surface area contributed by atoms with Gasteiger partial charge in [-0.3, -0.25) is 9.59 Å². The molecule has 0 unspecified atom stereocenters. The molecule has 5 heterocycles. The smallest absolute Gasteiger partial charge is 0.288 e. The van der Waals surface area contributed by atoms with Gasteiger partial charge in [0.1, 0.15) is 5.56 Å². The van der Waals surface area contributed by atoms with E-state index in [0.717, 1.165) is 13.1 Å². The maximum absolute atomic E-state index is 13.0. The molecule has 2 aliphatic rings. The fourth-order valence-electron chi connectivity index (χ4n) is 3.54. The second kappa shape index (κ2) is 7.95. The van der Waals surface area contributed by atoms with E-state index in [0.29, 0.717) is 55.4 Å². The predicted molar refractivity (Wildman–Crippen MR) is 110 cm³/mol. The summed E-state index contributed by atoms with van der Waals surface area (Å²) in [6.45, 7) is 4.86. The van der Waals surface area contributed by atoms with Gasteiger partial charge in [-0.25, -0.2) is 15.0 Å². The minimum absolute atomic E-state index is 0.0377. The zero-order chi connectivity index (χ0) is 20.5. The molecule has 0 aromatic carbocycles. The van der Waals surface area contributed by atoms with Crippen LogP contribution < -0.4 is 15.4 Å². The van der Waals surface area contributed by atoms with Crippen LogP contribution in [0, 0.1) is 0 Å². The van der Waals surface area contributed by atoms with Crippen molar-refractivity contribution in [2.24, 2.45) is 0 Å². The van der Waals surface area contributed by atoms with E-state index in [9.17, 15) is 9.59 Å². The molecular weight excluding hydrogens is 408 g/mol. The maximum Gasteiger partial charge on any atom is 0.288 e. The van der Waals surface area contributed by atoms with Gasteiger partial charge in [0.05, 0.1) is 13.2 Å². The van der Waals surface area contributed by atoms with Gasteiger partial charge in [0.25, 0.3) is 11.5 Å². The first kappa shape index (κ1) is 18.9. The zero-order valence-electron chi connectivity index (χ0n) is 16.2. The highest BCUT2D eigenvalue weighted by Crippen LogP contribution is 2.22. The van der Waals surface area contributed by atoms with Crippen molar-refractivity contribution in [3.05, 3.63) is 40.6 Å². The minimum Gasteiger partial charge on any atom is -0.378 e. The van der Waals surface area contributed by atoms with E-state index in [1.807, 2.05) is 4.90 Å². The summed E-state index contributed by atoms with van der Waals surface area (Å²) in [5, 5.41) is 5.12. The zero-order valence-corrected chi connectivity index (χ0v) is 17.0. The van der Waals surface area contributed by atoms with E-state index >= 15 is 0 Å². The van der Waals surface area contributed by atoms with E-state index in [-0.39, 0.29) is 11.5 Å². The number of rotatable bonds is 3. The molecule has 0 saturated carbocycles. The van der Waals surface area contributed by atoms with Crippen molar-refractivity contribution in [1.82, 2.24) is 29.5 Å². The molecule has 0 radical (unpaired) electrons. The summed E-state index contributed by atoms with van der Waals surface area (Å²) in [5.41, 5.74) is -0.398. The van der Waals surface area contributed by atoms with Gasteiger partial charge in [-0.1, -0.05) is 11.3 Å². The largest absolute Gasteiger partial charge is 0.378 e. The van der Waals surface area contributed by atoms with Gasteiger partial charge in [0.15, 0.2) is 0 Å². The second-order valence-electron chi connectivity index (χ2n) is 6.98. The Labute approximate surface area is 175 Å². The summed E-state index contributed by atoms with van der Waals surface area (Å²) in [5.74, 6) is 0.322. The van der Waals surface area contributed by atoms with Gasteiger partial charge in [0.2, 0.25) is 16.0 Å². The monoisotopic (exact) mass is 428 g/mol. The summed E-state index contributed by atoms with van der Waals surface area (Å²) in [7, 11) is 0. The second-order valence-corrected chi connectivity index (χ2v) is 7.92. The van der Waals surface area contributed by atoms with Crippen LogP contribution in [-0.2, 0) is 4.74 Å². The van der Waals surface area contributed by atoms with E-state index in [1.165, 1.54) is 22.0 Å². The molecule has 0 bridgehead atoms. The molecule has 3 aromatic heterocycles. The van der Waals surface area contributed by atoms with Crippen molar-refractivity contribution >= 4 is 33.3 Å². The van der Waals surface area contributed by atoms with Crippen LogP contribution in [0.1, 0.15) is 10.4 Å². The first-order valence-corrected chi connectivity index (χ1v) is 10.6. The number of anilines is 2. The number of carbonyl (C=O) groups excluding carboxylic acids is 1. The molecule has 156 valence electrons. The van der Waals surface area contributed by atoms with Crippen molar-refractivity contribution in [3.8, 4) is 0 Å². The van der Waals surface area contributed by atoms with Crippen molar-refractivity contribution < 1.29 is 9.53 Å². The van der Waals surface area contributed by atoms with Gasteiger partial charge in [-0.2, -0.15) is 4.52 Å². The van der Waals surface area contributed by atoms with Crippen LogP contribution in [0.4, 0.5) is 11.1 Å². The molecule has 0 atom stereocenters. The molecule has 2 saturated heterocycles. The standard InChI is InChI=1S/C18H20N8O3S/c27-14(23-4-6-24(7-5-23)16-19-2-1-3-20-16)13-12-21-17-26(15(13)28)22-18(30-17)25-8-10-29-11-9-25/h1-3,12H,4-11H2. The molecule has 12 heteroatoms. The van der Waals surface area contributed by atoms with Crippen molar-refractivity contribution in [1.29, 1.82) is 0 Å². The summed E-state index contributed by atoms with van der Waals surface area (Å²) in [6.07, 6.45) is 4.76. The molecule has 2 fully saturated rings. The van der Waals surface area contributed by atoms with Crippen LogP contribution in [0.25, 0.3) is 4.96 Å². The Kier molecular flexibility index (Phi) is 5.01. The SMILES string of the molecule is O=C(c1cnc2sc(N3CCOCC3)nn2c1=O)N1CCN(c2ncccn2)CC1. The van der Waals surface area contributed by atoms with Gasteiger partial charge in [0, 0.05) is 57.9 Å². The van der Waals surface area contributed by atoms with Crippen molar-refractivity contribution in [3.63, 3.8) is 0 Å². The Balaban J connectivity index is 1.34. The van der Waals surface area contributed by atoms with Gasteiger partial charge in [-0.15, -0.1) is 5.10 Å². The molecule has 5 rings (SSSR count). The number of nitrogens with zero attached hydrogens (tertiary/aromatic N) is 8. The Bertz CT molecular complexity index is 1100. The summed E-state index contributed by atoms with van der Waals surface area (Å²) in [6, 6.07) is 1.77. The molecule has 11 nitrogen and oxygen atoms in total. The predicted octanol–water partition coefficient (Wildman–Crippen LogP) is -0.260. The molecule has 1 amide bonds. The highest BCUT2D eigenvalue weighted by atomic mass is 32.1. The summed E-state index contributed by atoms with van der Waals surface area (Å²) < 4.78 is 6.60. The maximum atomic E-state index is 13.0. The lowest BCUT2D eigenvalue weighted by Crippen LogP contribution is -2.50. The third kappa shape index (κ3) is 3.48. The lowest BCUT2D eigenvalue weighted by Gasteiger charge is -2.34. The lowest BCUT2D eigenvalue weighted by molar-refractivity contribution is 0.0743. The molecule has 3 aromatic rings. The van der Waals surface area contributed by atoms with Crippen LogP contribution >= 0.6 is 11.3 Å². The minimum atomic E-state index is -0.436. The first-order valence-electron chi connectivity index (χ1n) is 9.73. The van der Waals surface area contributed by atoms with E-state index in [1.54, 1.807) is 23.4 Å². The van der Waals surface area contributed by atoms with E-state index < -0.39 is 5.56 Å². The molecule has 0 aliphatic carbocycles. The average Bonchev–Trinajstić information content (AvgIpc) is 3.26. The number of ether oxygens (including phenoxy) is 1. The highest BCUT2D eigenvalue weighted by Gasteiger charge is 2.26. The van der Waals surface area contributed by atoms with Crippen LogP contribution in [-0.4, -0.2) is 87.9 Å². The Morgan fingerprint density at radius 2 is 1.70 bits per heavy atom. The molecular formula is C18H20N8O3S. The van der Waals surface area contributed by atoms with Gasteiger partial charge in [-0.05, 0) is 6.07 Å². The third-order valence-electron chi connectivity index (χ3n) is 5.19. The third-order valence-corrected chi connectivity index (χ3v) is 6.17. The fraction of sp³-hybridized carbons (Fsp3) is 0.444. The topological polar surface area (TPSA) is 109 Å². The van der Waals surface area contributed by atoms with Gasteiger partial charge < -0.3 is 19.4 Å². The first-order chi connectivity index (χ1) is 14.7. The van der Waals surface area contributed by atoms with Crippen LogP contribution in [0.2, 0.25) is 0 Å². The Hall–Kier alpha value is -3.12. The Morgan fingerprint density at radius 3 is 2.43 bits per heavy atom. The number of fused-ring (bicyclic) bond motifs is 1. The molecule has 0 spiro atoms. The van der Waals surface area contributed by atoms with E-state index in [4.69, 9.17) is 4.74 Å². The van der Waals surface area contributed by atoms with Crippen LogP contribution in [0.15, 0.2) is 29.5 Å². The number of hydrogen-bond acceptors (Lipinski definition) is 10. The average molecular weight is 428 g/mol. The number of morpholine rings is 1. The van der Waals surface area contributed by atoms with Crippen molar-refractivity contribution in [2.75, 3.05) is 62.3 Å². The van der Waals surface area contributed by atoms with Crippen LogP contribution in [0.5, 0.6) is 0 Å². The molecule has 30 heavy (non-hydrogen) atoms. The Morgan fingerprint density at radius 1 is 0.967 bits per heavy atom. The normalized spacial score (nSPS) is 17.5. The molecule has 2 aliphatic heterocycles. The van der Waals surface area contributed by atoms with Crippen molar-refractivity contribution in [2.45, 2.75) is 0 Å². The molecule has 0 N–H and O–H groups in total. The number of aromatic nitrogens is 5.